The summed E-state index contributed by atoms with van der Waals surface area (Å²) in [7, 11) is 1.72. The van der Waals surface area contributed by atoms with Gasteiger partial charge in [-0.15, -0.1) is 0 Å². The third-order valence-corrected chi connectivity index (χ3v) is 4.77. The van der Waals surface area contributed by atoms with Crippen molar-refractivity contribution in [3.05, 3.63) is 35.8 Å². The van der Waals surface area contributed by atoms with Crippen molar-refractivity contribution in [3.63, 3.8) is 0 Å². The summed E-state index contributed by atoms with van der Waals surface area (Å²) < 4.78 is 25.0. The Hall–Kier alpha value is -1.39. The van der Waals surface area contributed by atoms with Gasteiger partial charge in [0.15, 0.2) is 0 Å². The molecule has 1 fully saturated rings. The van der Waals surface area contributed by atoms with Crippen molar-refractivity contribution in [3.8, 4) is 0 Å². The van der Waals surface area contributed by atoms with Gasteiger partial charge in [-0.2, -0.15) is 0 Å². The molecule has 0 radical (unpaired) electrons. The highest BCUT2D eigenvalue weighted by Gasteiger charge is 2.42. The van der Waals surface area contributed by atoms with Crippen LogP contribution in [0.15, 0.2) is 28.7 Å². The van der Waals surface area contributed by atoms with Crippen LogP contribution in [0.5, 0.6) is 0 Å². The summed E-state index contributed by atoms with van der Waals surface area (Å²) >= 11 is 0. The first-order chi connectivity index (χ1) is 10.0. The molecule has 3 nitrogen and oxygen atoms in total. The lowest BCUT2D eigenvalue weighted by molar-refractivity contribution is -0.0754. The number of hydrogen-bond donors (Lipinski definition) is 1. The first kappa shape index (κ1) is 14.5. The van der Waals surface area contributed by atoms with Gasteiger partial charge in [-0.1, -0.05) is 19.8 Å². The van der Waals surface area contributed by atoms with E-state index in [-0.39, 0.29) is 17.5 Å². The van der Waals surface area contributed by atoms with Crippen LogP contribution in [0.4, 0.5) is 4.39 Å². The van der Waals surface area contributed by atoms with Crippen LogP contribution in [0.1, 0.15) is 44.4 Å². The van der Waals surface area contributed by atoms with E-state index in [1.54, 1.807) is 13.2 Å². The topological polar surface area (TPSA) is 48.4 Å². The molecule has 2 N–H and O–H groups in total. The first-order valence-corrected chi connectivity index (χ1v) is 7.54. The number of nitrogens with two attached hydrogens (primary N) is 1. The lowest BCUT2D eigenvalue weighted by atomic mass is 9.74. The van der Waals surface area contributed by atoms with Gasteiger partial charge in [-0.05, 0) is 43.0 Å². The van der Waals surface area contributed by atoms with Gasteiger partial charge in [0.25, 0.3) is 0 Å². The van der Waals surface area contributed by atoms with E-state index in [0.29, 0.717) is 17.3 Å². The molecule has 1 aromatic carbocycles. The van der Waals surface area contributed by atoms with Gasteiger partial charge in [0.2, 0.25) is 0 Å². The number of ether oxygens (including phenoxy) is 1. The molecule has 3 atom stereocenters. The predicted octanol–water partition coefficient (Wildman–Crippen LogP) is 4.17. The molecule has 1 heterocycles. The Morgan fingerprint density at radius 3 is 2.95 bits per heavy atom. The minimum atomic E-state index is -0.385. The molecular weight excluding hydrogens is 269 g/mol. The molecule has 0 amide bonds. The molecule has 0 saturated heterocycles. The van der Waals surface area contributed by atoms with Gasteiger partial charge < -0.3 is 14.9 Å². The fourth-order valence-corrected chi connectivity index (χ4v) is 3.59. The van der Waals surface area contributed by atoms with Crippen molar-refractivity contribution in [1.29, 1.82) is 0 Å². The zero-order valence-corrected chi connectivity index (χ0v) is 12.6. The average molecular weight is 291 g/mol. The summed E-state index contributed by atoms with van der Waals surface area (Å²) in [4.78, 5) is 0. The summed E-state index contributed by atoms with van der Waals surface area (Å²) in [6, 6.07) is 6.02. The Bertz CT molecular complexity index is 639. The smallest absolute Gasteiger partial charge is 0.134 e. The van der Waals surface area contributed by atoms with Crippen LogP contribution >= 0.6 is 0 Å². The molecule has 21 heavy (non-hydrogen) atoms. The van der Waals surface area contributed by atoms with Gasteiger partial charge in [0.05, 0.1) is 11.6 Å². The van der Waals surface area contributed by atoms with Crippen LogP contribution in [0.2, 0.25) is 0 Å². The highest BCUT2D eigenvalue weighted by molar-refractivity contribution is 5.78. The van der Waals surface area contributed by atoms with E-state index >= 15 is 0 Å². The Morgan fingerprint density at radius 2 is 2.24 bits per heavy atom. The van der Waals surface area contributed by atoms with Crippen LogP contribution in [0.3, 0.4) is 0 Å². The highest BCUT2D eigenvalue weighted by Crippen LogP contribution is 2.43. The molecular formula is C17H22FNO2. The summed E-state index contributed by atoms with van der Waals surface area (Å²) in [6.07, 6.45) is 4.18. The molecule has 3 rings (SSSR count). The largest absolute Gasteiger partial charge is 0.459 e. The number of halogens is 1. The maximum Gasteiger partial charge on any atom is 0.134 e. The minimum Gasteiger partial charge on any atom is -0.459 e. The fourth-order valence-electron chi connectivity index (χ4n) is 3.59. The maximum atomic E-state index is 13.3. The molecule has 0 spiro atoms. The molecule has 1 saturated carbocycles. The molecule has 2 aromatic rings. The molecule has 3 unspecified atom stereocenters. The van der Waals surface area contributed by atoms with Crippen molar-refractivity contribution < 1.29 is 13.5 Å². The van der Waals surface area contributed by atoms with Crippen LogP contribution in [0.25, 0.3) is 11.0 Å². The van der Waals surface area contributed by atoms with E-state index in [1.807, 2.05) is 6.07 Å². The summed E-state index contributed by atoms with van der Waals surface area (Å²) in [5.74, 6) is 0.995. The Morgan fingerprint density at radius 1 is 1.43 bits per heavy atom. The fraction of sp³-hybridized carbons (Fsp3) is 0.529. The Balaban J connectivity index is 1.96. The number of benzene rings is 1. The van der Waals surface area contributed by atoms with Crippen LogP contribution in [-0.4, -0.2) is 12.7 Å². The second kappa shape index (κ2) is 5.43. The van der Waals surface area contributed by atoms with Crippen molar-refractivity contribution >= 4 is 11.0 Å². The van der Waals surface area contributed by atoms with E-state index in [9.17, 15) is 4.39 Å². The van der Waals surface area contributed by atoms with E-state index in [2.05, 4.69) is 6.92 Å². The molecule has 4 heteroatoms. The van der Waals surface area contributed by atoms with Crippen molar-refractivity contribution in [2.24, 2.45) is 11.7 Å². The molecule has 0 bridgehead atoms. The van der Waals surface area contributed by atoms with Gasteiger partial charge >= 0.3 is 0 Å². The third kappa shape index (κ3) is 2.58. The van der Waals surface area contributed by atoms with Gasteiger partial charge in [-0.25, -0.2) is 4.39 Å². The van der Waals surface area contributed by atoms with Gasteiger partial charge in [0.1, 0.15) is 17.2 Å². The van der Waals surface area contributed by atoms with Crippen LogP contribution < -0.4 is 5.73 Å². The molecule has 1 aliphatic carbocycles. The second-order valence-electron chi connectivity index (χ2n) is 6.28. The number of furan rings is 1. The van der Waals surface area contributed by atoms with Crippen LogP contribution in [-0.2, 0) is 4.74 Å². The normalized spacial score (nSPS) is 27.9. The maximum absolute atomic E-state index is 13.3. The number of rotatable bonds is 3. The van der Waals surface area contributed by atoms with E-state index < -0.39 is 0 Å². The third-order valence-electron chi connectivity index (χ3n) is 4.77. The Kier molecular flexibility index (Phi) is 3.76. The number of fused-ring (bicyclic) bond motifs is 1. The lowest BCUT2D eigenvalue weighted by Crippen LogP contribution is -2.46. The van der Waals surface area contributed by atoms with Crippen LogP contribution in [0, 0.1) is 11.7 Å². The zero-order chi connectivity index (χ0) is 15.0. The van der Waals surface area contributed by atoms with Gasteiger partial charge in [0, 0.05) is 12.5 Å². The first-order valence-electron chi connectivity index (χ1n) is 7.54. The van der Waals surface area contributed by atoms with Crippen molar-refractivity contribution in [2.75, 3.05) is 7.11 Å². The van der Waals surface area contributed by atoms with E-state index in [0.717, 1.165) is 24.6 Å². The monoisotopic (exact) mass is 291 g/mol. The molecule has 1 aliphatic rings. The molecule has 114 valence electrons. The minimum absolute atomic E-state index is 0.267. The number of hydrogen-bond acceptors (Lipinski definition) is 3. The van der Waals surface area contributed by atoms with Crippen molar-refractivity contribution in [2.45, 2.75) is 44.2 Å². The molecule has 0 aliphatic heterocycles. The standard InChI is InChI=1S/C17H22FNO2/c1-11-4-3-7-17(10-11,20-2)16(19)15-9-12-8-13(18)5-6-14(12)21-15/h5-6,8-9,11,16H,3-4,7,10,19H2,1-2H3. The number of methoxy groups -OCH3 is 1. The summed E-state index contributed by atoms with van der Waals surface area (Å²) in [5.41, 5.74) is 6.75. The highest BCUT2D eigenvalue weighted by atomic mass is 19.1. The van der Waals surface area contributed by atoms with Crippen molar-refractivity contribution in [1.82, 2.24) is 0 Å². The second-order valence-corrected chi connectivity index (χ2v) is 6.28. The van der Waals surface area contributed by atoms with E-state index in [4.69, 9.17) is 14.9 Å². The lowest BCUT2D eigenvalue weighted by Gasteiger charge is -2.42. The SMILES string of the molecule is COC1(C(N)c2cc3cc(F)ccc3o2)CCCC(C)C1. The average Bonchev–Trinajstić information content (AvgIpc) is 2.89. The van der Waals surface area contributed by atoms with E-state index in [1.165, 1.54) is 18.6 Å². The molecule has 1 aromatic heterocycles. The predicted molar refractivity (Wildman–Crippen MR) is 80.5 cm³/mol. The van der Waals surface area contributed by atoms with Gasteiger partial charge in [-0.3, -0.25) is 0 Å². The quantitative estimate of drug-likeness (QED) is 0.923. The zero-order valence-electron chi connectivity index (χ0n) is 12.6. The summed E-state index contributed by atoms with van der Waals surface area (Å²) in [6.45, 7) is 2.23. The summed E-state index contributed by atoms with van der Waals surface area (Å²) in [5, 5.41) is 0.746. The Labute approximate surface area is 124 Å².